The molecule has 2 aliphatic rings. The number of guanidine groups is 1. The van der Waals surface area contributed by atoms with Crippen LogP contribution in [0.25, 0.3) is 0 Å². The van der Waals surface area contributed by atoms with Gasteiger partial charge in [-0.25, -0.2) is 0 Å². The van der Waals surface area contributed by atoms with Gasteiger partial charge in [0.05, 0.1) is 19.2 Å². The van der Waals surface area contributed by atoms with Crippen molar-refractivity contribution in [2.24, 2.45) is 10.4 Å². The lowest BCUT2D eigenvalue weighted by atomic mass is 9.84. The minimum Gasteiger partial charge on any atom is -0.396 e. The van der Waals surface area contributed by atoms with Crippen molar-refractivity contribution < 1.29 is 9.84 Å². The fraction of sp³-hybridized carbons (Fsp3) is 0.682. The van der Waals surface area contributed by atoms with Gasteiger partial charge in [-0.05, 0) is 63.4 Å². The maximum absolute atomic E-state index is 9.45. The predicted molar refractivity (Wildman–Crippen MR) is 119 cm³/mol. The number of hydrogen-bond acceptors (Lipinski definition) is 4. The van der Waals surface area contributed by atoms with E-state index in [9.17, 15) is 5.11 Å². The van der Waals surface area contributed by atoms with Crippen LogP contribution in [0.3, 0.4) is 0 Å². The molecule has 0 saturated carbocycles. The van der Waals surface area contributed by atoms with Crippen LogP contribution in [0.5, 0.6) is 0 Å². The zero-order valence-electron chi connectivity index (χ0n) is 17.5. The van der Waals surface area contributed by atoms with E-state index in [1.54, 1.807) is 0 Å². The summed E-state index contributed by atoms with van der Waals surface area (Å²) in [6, 6.07) is 8.45. The first kappa shape index (κ1) is 22.3. The van der Waals surface area contributed by atoms with Gasteiger partial charge in [0, 0.05) is 36.7 Å². The number of likely N-dealkylation sites (tertiary alicyclic amines) is 1. The molecule has 2 atom stereocenters. The van der Waals surface area contributed by atoms with Gasteiger partial charge in [-0.1, -0.05) is 23.7 Å². The summed E-state index contributed by atoms with van der Waals surface area (Å²) in [5.74, 6) is 0.822. The second-order valence-electron chi connectivity index (χ2n) is 8.17. The van der Waals surface area contributed by atoms with E-state index >= 15 is 0 Å². The molecule has 0 amide bonds. The first-order chi connectivity index (χ1) is 14.2. The summed E-state index contributed by atoms with van der Waals surface area (Å²) in [6.07, 6.45) is 4.17. The van der Waals surface area contributed by atoms with Crippen molar-refractivity contribution in [2.45, 2.75) is 38.6 Å². The van der Waals surface area contributed by atoms with E-state index in [4.69, 9.17) is 21.3 Å². The normalized spacial score (nSPS) is 24.0. The highest BCUT2D eigenvalue weighted by atomic mass is 35.5. The molecule has 0 aromatic heterocycles. The van der Waals surface area contributed by atoms with Crippen LogP contribution >= 0.6 is 11.6 Å². The molecule has 0 aliphatic carbocycles. The number of aliphatic hydroxyl groups is 1. The topological polar surface area (TPSA) is 69.1 Å². The summed E-state index contributed by atoms with van der Waals surface area (Å²) in [5, 5.41) is 17.1. The summed E-state index contributed by atoms with van der Waals surface area (Å²) in [5.41, 5.74) is 1.20. The van der Waals surface area contributed by atoms with Gasteiger partial charge in [0.15, 0.2) is 5.96 Å². The molecule has 7 heteroatoms. The van der Waals surface area contributed by atoms with Crippen LogP contribution in [0.4, 0.5) is 0 Å². The zero-order valence-corrected chi connectivity index (χ0v) is 18.3. The molecule has 3 rings (SSSR count). The molecule has 2 fully saturated rings. The minimum absolute atomic E-state index is 0.0432. The van der Waals surface area contributed by atoms with Gasteiger partial charge >= 0.3 is 0 Å². The first-order valence-corrected chi connectivity index (χ1v) is 11.2. The summed E-state index contributed by atoms with van der Waals surface area (Å²) in [6.45, 7) is 8.15. The summed E-state index contributed by atoms with van der Waals surface area (Å²) >= 11 is 6.27. The molecule has 2 aliphatic heterocycles. The van der Waals surface area contributed by atoms with E-state index in [0.717, 1.165) is 56.6 Å². The third kappa shape index (κ3) is 6.32. The van der Waals surface area contributed by atoms with Crippen molar-refractivity contribution in [3.05, 3.63) is 34.9 Å². The van der Waals surface area contributed by atoms with Gasteiger partial charge in [-0.15, -0.1) is 0 Å². The summed E-state index contributed by atoms with van der Waals surface area (Å²) in [4.78, 5) is 7.38. The number of nitrogens with one attached hydrogen (secondary N) is 2. The van der Waals surface area contributed by atoms with Gasteiger partial charge in [-0.3, -0.25) is 9.89 Å². The van der Waals surface area contributed by atoms with E-state index in [1.165, 1.54) is 18.4 Å². The van der Waals surface area contributed by atoms with Crippen molar-refractivity contribution in [3.8, 4) is 0 Å². The fourth-order valence-electron chi connectivity index (χ4n) is 4.29. The maximum atomic E-state index is 9.45. The second-order valence-corrected chi connectivity index (χ2v) is 8.60. The summed E-state index contributed by atoms with van der Waals surface area (Å²) in [7, 11) is 0. The third-order valence-corrected chi connectivity index (χ3v) is 6.26. The molecule has 0 spiro atoms. The number of ether oxygens (including phenoxy) is 1. The Balaban J connectivity index is 1.69. The molecule has 1 aromatic carbocycles. The Morgan fingerprint density at radius 2 is 2.17 bits per heavy atom. The van der Waals surface area contributed by atoms with Crippen molar-refractivity contribution in [2.75, 3.05) is 52.5 Å². The Kier molecular flexibility index (Phi) is 8.60. The Hall–Kier alpha value is -1.34. The minimum atomic E-state index is -0.0432. The Morgan fingerprint density at radius 1 is 1.34 bits per heavy atom. The van der Waals surface area contributed by atoms with Crippen molar-refractivity contribution in [1.82, 2.24) is 15.5 Å². The Bertz CT molecular complexity index is 658. The van der Waals surface area contributed by atoms with E-state index < -0.39 is 0 Å². The lowest BCUT2D eigenvalue weighted by molar-refractivity contribution is 0.131. The van der Waals surface area contributed by atoms with Gasteiger partial charge < -0.3 is 20.5 Å². The lowest BCUT2D eigenvalue weighted by Gasteiger charge is -2.29. The van der Waals surface area contributed by atoms with Gasteiger partial charge in [0.25, 0.3) is 0 Å². The number of nitrogens with zero attached hydrogens (tertiary/aromatic N) is 2. The van der Waals surface area contributed by atoms with Crippen LogP contribution < -0.4 is 10.6 Å². The monoisotopic (exact) mass is 422 g/mol. The molecular formula is C22H35ClN4O2. The molecule has 2 saturated heterocycles. The fourth-order valence-corrected chi connectivity index (χ4v) is 4.49. The van der Waals surface area contributed by atoms with E-state index in [2.05, 4.69) is 34.6 Å². The standard InChI is InChI=1S/C22H35ClN4O2/c1-2-24-21(26-16-22(8-12-28)9-13-29-17-22)25-15-20(27-10-3-4-11-27)18-6-5-7-19(23)14-18/h5-7,14,20,28H,2-4,8-13,15-17H2,1H3,(H2,24,25,26). The number of aliphatic hydroxyl groups excluding tert-OH is 1. The maximum Gasteiger partial charge on any atom is 0.191 e. The molecule has 3 N–H and O–H groups in total. The third-order valence-electron chi connectivity index (χ3n) is 6.02. The van der Waals surface area contributed by atoms with Crippen molar-refractivity contribution in [3.63, 3.8) is 0 Å². The Morgan fingerprint density at radius 3 is 2.83 bits per heavy atom. The highest BCUT2D eigenvalue weighted by molar-refractivity contribution is 6.30. The molecule has 0 bridgehead atoms. The van der Waals surface area contributed by atoms with Gasteiger partial charge in [-0.2, -0.15) is 0 Å². The lowest BCUT2D eigenvalue weighted by Crippen LogP contribution is -2.43. The SMILES string of the molecule is CCNC(=NCC1(CCO)CCOC1)NCC(c1cccc(Cl)c1)N1CCCC1. The van der Waals surface area contributed by atoms with Gasteiger partial charge in [0.1, 0.15) is 0 Å². The highest BCUT2D eigenvalue weighted by Crippen LogP contribution is 2.32. The van der Waals surface area contributed by atoms with E-state index in [-0.39, 0.29) is 18.1 Å². The molecule has 29 heavy (non-hydrogen) atoms. The molecular weight excluding hydrogens is 388 g/mol. The number of rotatable bonds is 9. The van der Waals surface area contributed by atoms with Crippen molar-refractivity contribution in [1.29, 1.82) is 0 Å². The smallest absolute Gasteiger partial charge is 0.191 e. The van der Waals surface area contributed by atoms with Crippen LogP contribution in [0, 0.1) is 5.41 Å². The van der Waals surface area contributed by atoms with Gasteiger partial charge in [0.2, 0.25) is 0 Å². The molecule has 2 heterocycles. The molecule has 0 radical (unpaired) electrons. The number of hydrogen-bond donors (Lipinski definition) is 3. The molecule has 2 unspecified atom stereocenters. The van der Waals surface area contributed by atoms with Crippen molar-refractivity contribution >= 4 is 17.6 Å². The van der Waals surface area contributed by atoms with E-state index in [1.807, 2.05) is 12.1 Å². The summed E-state index contributed by atoms with van der Waals surface area (Å²) < 4.78 is 5.60. The van der Waals surface area contributed by atoms with Crippen LogP contribution in [-0.2, 0) is 4.74 Å². The number of benzene rings is 1. The second kappa shape index (κ2) is 11.2. The first-order valence-electron chi connectivity index (χ1n) is 10.9. The highest BCUT2D eigenvalue weighted by Gasteiger charge is 2.34. The number of halogens is 1. The average Bonchev–Trinajstić information content (AvgIpc) is 3.40. The Labute approximate surface area is 179 Å². The van der Waals surface area contributed by atoms with Crippen LogP contribution in [-0.4, -0.2) is 68.5 Å². The van der Waals surface area contributed by atoms with Crippen LogP contribution in [0.15, 0.2) is 29.3 Å². The molecule has 6 nitrogen and oxygen atoms in total. The number of aliphatic imine (C=N–C) groups is 1. The van der Waals surface area contributed by atoms with Crippen LogP contribution in [0.2, 0.25) is 5.02 Å². The average molecular weight is 423 g/mol. The molecule has 1 aromatic rings. The van der Waals surface area contributed by atoms with E-state index in [0.29, 0.717) is 13.2 Å². The zero-order chi connectivity index (χ0) is 20.5. The molecule has 162 valence electrons. The predicted octanol–water partition coefficient (Wildman–Crippen LogP) is 2.82. The quantitative estimate of drug-likeness (QED) is 0.421. The van der Waals surface area contributed by atoms with Crippen LogP contribution in [0.1, 0.15) is 44.2 Å². The largest absolute Gasteiger partial charge is 0.396 e.